The van der Waals surface area contributed by atoms with Gasteiger partial charge in [0.05, 0.1) is 30.2 Å². The van der Waals surface area contributed by atoms with Crippen LogP contribution in [0.4, 0.5) is 13.2 Å². The highest BCUT2D eigenvalue weighted by Crippen LogP contribution is 2.48. The number of hydrogen-bond donors (Lipinski definition) is 1. The zero-order valence-corrected chi connectivity index (χ0v) is 22.0. The fourth-order valence-corrected chi connectivity index (χ4v) is 5.48. The molecule has 0 aromatic heterocycles. The van der Waals surface area contributed by atoms with E-state index in [4.69, 9.17) is 9.47 Å². The number of carbonyl (C=O) groups is 2. The van der Waals surface area contributed by atoms with Gasteiger partial charge in [-0.1, -0.05) is 35.5 Å². The third kappa shape index (κ3) is 6.04. The Morgan fingerprint density at radius 1 is 1.30 bits per heavy atom. The van der Waals surface area contributed by atoms with Crippen molar-refractivity contribution in [2.24, 2.45) is 4.99 Å². The molecular weight excluding hydrogens is 507 g/mol. The first-order chi connectivity index (χ1) is 17.5. The number of amides is 1. The van der Waals surface area contributed by atoms with Crippen LogP contribution in [-0.4, -0.2) is 53.5 Å². The number of rotatable bonds is 7. The van der Waals surface area contributed by atoms with Gasteiger partial charge in [-0.2, -0.15) is 13.2 Å². The number of hydrogen-bond acceptors (Lipinski definition) is 7. The molecule has 1 amide bonds. The highest BCUT2D eigenvalue weighted by molar-refractivity contribution is 8.16. The first-order valence-electron chi connectivity index (χ1n) is 12.2. The second-order valence-electron chi connectivity index (χ2n) is 9.58. The highest BCUT2D eigenvalue weighted by Gasteiger charge is 2.49. The van der Waals surface area contributed by atoms with E-state index in [2.05, 4.69) is 10.3 Å². The Labute approximate surface area is 218 Å². The van der Waals surface area contributed by atoms with Crippen molar-refractivity contribution in [3.8, 4) is 0 Å². The molecule has 200 valence electrons. The molecule has 0 saturated carbocycles. The molecule has 0 aliphatic carbocycles. The van der Waals surface area contributed by atoms with Crippen molar-refractivity contribution in [2.45, 2.75) is 71.4 Å². The van der Waals surface area contributed by atoms with E-state index in [-0.39, 0.29) is 23.6 Å². The number of carbonyl (C=O) groups excluding carboxylic acids is 2. The van der Waals surface area contributed by atoms with E-state index in [0.29, 0.717) is 30.0 Å². The van der Waals surface area contributed by atoms with Crippen molar-refractivity contribution < 1.29 is 32.2 Å². The van der Waals surface area contributed by atoms with E-state index in [0.717, 1.165) is 30.2 Å². The molecule has 1 aromatic carbocycles. The fraction of sp³-hybridized carbons (Fsp3) is 0.500. The lowest BCUT2D eigenvalue weighted by atomic mass is 9.89. The Kier molecular flexibility index (Phi) is 8.03. The van der Waals surface area contributed by atoms with Crippen LogP contribution in [0.25, 0.3) is 0 Å². The van der Waals surface area contributed by atoms with Crippen molar-refractivity contribution in [1.82, 2.24) is 10.2 Å². The second kappa shape index (κ2) is 10.9. The molecule has 1 aromatic rings. The molecule has 2 atom stereocenters. The number of allylic oxidation sites excluding steroid dienone is 1. The molecule has 0 bridgehead atoms. The maximum Gasteiger partial charge on any atom is 0.434 e. The van der Waals surface area contributed by atoms with Crippen molar-refractivity contribution in [3.63, 3.8) is 0 Å². The van der Waals surface area contributed by atoms with Crippen LogP contribution in [0.5, 0.6) is 0 Å². The van der Waals surface area contributed by atoms with Gasteiger partial charge < -0.3 is 19.7 Å². The van der Waals surface area contributed by atoms with E-state index < -0.39 is 35.6 Å². The van der Waals surface area contributed by atoms with E-state index in [9.17, 15) is 22.8 Å². The summed E-state index contributed by atoms with van der Waals surface area (Å²) in [5.74, 6) is -1.38. The zero-order valence-electron chi connectivity index (χ0n) is 21.1. The van der Waals surface area contributed by atoms with Crippen LogP contribution in [0.1, 0.15) is 55.8 Å². The van der Waals surface area contributed by atoms with Gasteiger partial charge in [0.2, 0.25) is 5.91 Å². The third-order valence-corrected chi connectivity index (χ3v) is 7.15. The fourth-order valence-electron chi connectivity index (χ4n) is 4.57. The monoisotopic (exact) mass is 537 g/mol. The molecule has 7 nitrogen and oxygen atoms in total. The molecule has 3 heterocycles. The standard InChI is InChI=1S/C26H30F3N3O4S/c1-14(2)36-24(34)21-22(19-10-15(3)7-8-16(19)4)32-17(11-20(33)30-12-18-6-5-9-35-18)13-37-25(32)31-23(21)26(27,28)29/h7-8,10,13-14,18,22H,5-6,9,11-12H2,1-4H3,(H,30,33). The molecule has 1 N–H and O–H groups in total. The largest absolute Gasteiger partial charge is 0.459 e. The van der Waals surface area contributed by atoms with E-state index in [1.54, 1.807) is 43.2 Å². The van der Waals surface area contributed by atoms with Crippen LogP contribution < -0.4 is 5.32 Å². The number of thioether (sulfide) groups is 1. The molecule has 1 fully saturated rings. The van der Waals surface area contributed by atoms with Gasteiger partial charge in [-0.05, 0) is 57.1 Å². The first kappa shape index (κ1) is 27.3. The van der Waals surface area contributed by atoms with Gasteiger partial charge in [0.1, 0.15) is 0 Å². The minimum atomic E-state index is -4.89. The minimum Gasteiger partial charge on any atom is -0.459 e. The number of nitrogens with zero attached hydrogens (tertiary/aromatic N) is 2. The molecule has 3 aliphatic rings. The number of ether oxygens (including phenoxy) is 2. The summed E-state index contributed by atoms with van der Waals surface area (Å²) in [5, 5.41) is 4.53. The summed E-state index contributed by atoms with van der Waals surface area (Å²) < 4.78 is 53.7. The Hall–Kier alpha value is -2.79. The van der Waals surface area contributed by atoms with E-state index in [1.807, 2.05) is 13.0 Å². The van der Waals surface area contributed by atoms with Crippen molar-refractivity contribution in [3.05, 3.63) is 57.3 Å². The lowest BCUT2D eigenvalue weighted by Crippen LogP contribution is -2.41. The summed E-state index contributed by atoms with van der Waals surface area (Å²) in [6.07, 6.45) is -3.85. The van der Waals surface area contributed by atoms with Gasteiger partial charge in [0.15, 0.2) is 10.9 Å². The number of nitrogens with one attached hydrogen (secondary N) is 1. The van der Waals surface area contributed by atoms with Gasteiger partial charge in [-0.3, -0.25) is 4.79 Å². The van der Waals surface area contributed by atoms with Gasteiger partial charge >= 0.3 is 12.1 Å². The summed E-state index contributed by atoms with van der Waals surface area (Å²) in [5.41, 5.74) is 0.620. The molecule has 11 heteroatoms. The smallest absolute Gasteiger partial charge is 0.434 e. The number of halogens is 3. The predicted molar refractivity (Wildman–Crippen MR) is 135 cm³/mol. The van der Waals surface area contributed by atoms with Crippen LogP contribution in [-0.2, 0) is 19.1 Å². The van der Waals surface area contributed by atoms with Gasteiger partial charge in [-0.15, -0.1) is 0 Å². The average Bonchev–Trinajstić information content (AvgIpc) is 3.47. The maximum atomic E-state index is 14.3. The predicted octanol–water partition coefficient (Wildman–Crippen LogP) is 5.06. The Morgan fingerprint density at radius 2 is 2.05 bits per heavy atom. The van der Waals surface area contributed by atoms with Gasteiger partial charge in [0, 0.05) is 18.8 Å². The average molecular weight is 538 g/mol. The normalized spacial score (nSPS) is 21.7. The molecule has 3 aliphatic heterocycles. The SMILES string of the molecule is Cc1ccc(C)c(C2C(C(=O)OC(C)C)=C(C(F)(F)F)N=C3SC=C(CC(=O)NCC4CCCO4)N32)c1. The van der Waals surface area contributed by atoms with Crippen LogP contribution in [0.15, 0.2) is 45.6 Å². The van der Waals surface area contributed by atoms with Gasteiger partial charge in [0.25, 0.3) is 0 Å². The van der Waals surface area contributed by atoms with Crippen LogP contribution in [0, 0.1) is 13.8 Å². The number of aliphatic imine (C=N–C) groups is 1. The summed E-state index contributed by atoms with van der Waals surface area (Å²) in [4.78, 5) is 31.5. The molecule has 0 spiro atoms. The number of fused-ring (bicyclic) bond motifs is 1. The zero-order chi connectivity index (χ0) is 26.9. The molecule has 37 heavy (non-hydrogen) atoms. The number of alkyl halides is 3. The Morgan fingerprint density at radius 3 is 2.70 bits per heavy atom. The van der Waals surface area contributed by atoms with Crippen molar-refractivity contribution in [1.29, 1.82) is 0 Å². The summed E-state index contributed by atoms with van der Waals surface area (Å²) in [7, 11) is 0. The van der Waals surface area contributed by atoms with E-state index in [1.165, 1.54) is 0 Å². The lowest BCUT2D eigenvalue weighted by molar-refractivity contribution is -0.145. The summed E-state index contributed by atoms with van der Waals surface area (Å²) in [6, 6.07) is 4.25. The maximum absolute atomic E-state index is 14.3. The summed E-state index contributed by atoms with van der Waals surface area (Å²) in [6.45, 7) is 7.79. The molecule has 4 rings (SSSR count). The second-order valence-corrected chi connectivity index (χ2v) is 10.4. The number of esters is 1. The van der Waals surface area contributed by atoms with Crippen LogP contribution >= 0.6 is 11.8 Å². The molecule has 1 saturated heterocycles. The molecular formula is C26H30F3N3O4S. The molecule has 0 radical (unpaired) electrons. The first-order valence-corrected chi connectivity index (χ1v) is 13.0. The third-order valence-electron chi connectivity index (χ3n) is 6.26. The van der Waals surface area contributed by atoms with Crippen LogP contribution in [0.2, 0.25) is 0 Å². The minimum absolute atomic E-state index is 0.0413. The number of benzene rings is 1. The number of aryl methyl sites for hydroxylation is 2. The Balaban J connectivity index is 1.75. The molecule has 2 unspecified atom stereocenters. The van der Waals surface area contributed by atoms with Crippen LogP contribution in [0.3, 0.4) is 0 Å². The van der Waals surface area contributed by atoms with Gasteiger partial charge in [-0.25, -0.2) is 9.79 Å². The van der Waals surface area contributed by atoms with Crippen molar-refractivity contribution >= 4 is 28.8 Å². The lowest BCUT2D eigenvalue weighted by Gasteiger charge is -2.38. The summed E-state index contributed by atoms with van der Waals surface area (Å²) >= 11 is 0.999. The van der Waals surface area contributed by atoms with E-state index >= 15 is 0 Å². The van der Waals surface area contributed by atoms with Crippen molar-refractivity contribution in [2.75, 3.05) is 13.2 Å². The quantitative estimate of drug-likeness (QED) is 0.490. The highest BCUT2D eigenvalue weighted by atomic mass is 32.2. The Bertz CT molecular complexity index is 1170. The topological polar surface area (TPSA) is 80.2 Å². The number of amidine groups is 1.